The number of allylic oxidation sites excluding steroid dienone is 10. The normalized spacial score (nSPS) is 23.4. The van der Waals surface area contributed by atoms with Gasteiger partial charge in [-0.2, -0.15) is 4.58 Å². The van der Waals surface area contributed by atoms with Crippen LogP contribution in [0, 0.1) is 10.8 Å². The summed E-state index contributed by atoms with van der Waals surface area (Å²) < 4.78 is 2.42. The molecule has 0 radical (unpaired) electrons. The van der Waals surface area contributed by atoms with Gasteiger partial charge in [-0.15, -0.1) is 0 Å². The maximum atomic E-state index is 2.44. The lowest BCUT2D eigenvalue weighted by molar-refractivity contribution is -0.401. The highest BCUT2D eigenvalue weighted by atomic mass is 15.2. The molecule has 6 aromatic carbocycles. The summed E-state index contributed by atoms with van der Waals surface area (Å²) in [4.78, 5) is 2.42. The van der Waals surface area contributed by atoms with Crippen LogP contribution in [0.15, 0.2) is 193 Å². The second-order valence-corrected chi connectivity index (χ2v) is 18.6. The Morgan fingerprint density at radius 2 is 1.08 bits per heavy atom. The van der Waals surface area contributed by atoms with Gasteiger partial charge in [0.15, 0.2) is 5.71 Å². The van der Waals surface area contributed by atoms with Gasteiger partial charge in [-0.05, 0) is 105 Å². The molecule has 0 spiro atoms. The Bertz CT molecular complexity index is 2810. The van der Waals surface area contributed by atoms with Gasteiger partial charge in [0, 0.05) is 41.6 Å². The maximum absolute atomic E-state index is 2.44. The highest BCUT2D eigenvalue weighted by Crippen LogP contribution is 2.56. The Balaban J connectivity index is 1.07. The number of anilines is 1. The highest BCUT2D eigenvalue weighted by Gasteiger charge is 2.49. The molecule has 0 aromatic heterocycles. The number of likely N-dealkylation sites (N-methyl/N-ethyl adjacent to an activating group) is 1. The summed E-state index contributed by atoms with van der Waals surface area (Å²) in [7, 11) is 4.48. The fraction of sp³-hybridized carbons (Fsp3) is 0.246. The maximum Gasteiger partial charge on any atom is 0.210 e. The number of rotatable bonds is 8. The average Bonchev–Trinajstić information content (AvgIpc) is 3.66. The first-order valence-corrected chi connectivity index (χ1v) is 21.3. The zero-order valence-electron chi connectivity index (χ0n) is 36.1. The first-order chi connectivity index (χ1) is 28.3. The van der Waals surface area contributed by atoms with Crippen molar-refractivity contribution in [3.05, 3.63) is 215 Å². The van der Waals surface area contributed by atoms with Crippen LogP contribution in [0.2, 0.25) is 0 Å². The molecule has 2 heterocycles. The van der Waals surface area contributed by atoms with E-state index in [2.05, 4.69) is 241 Å². The standard InChI is InChI=1S/C57H57N2/c1-54(2)44(27-19-31-50-56(5,38-40-21-11-9-12-22-40)52-46-29-17-15-25-42(46)33-35-48(52)58(50)7)37-45(55(54,3)4)28-20-32-51-57(6,39-41-23-13-10-14-24-41)53-47-30-18-16-26-43(47)34-36-49(53)59(51)8/h9-37H,38-39H2,1-8H3/q+1. The molecule has 2 heteroatoms. The van der Waals surface area contributed by atoms with E-state index in [-0.39, 0.29) is 21.7 Å². The van der Waals surface area contributed by atoms with Crippen LogP contribution < -0.4 is 4.90 Å². The van der Waals surface area contributed by atoms with Crippen LogP contribution in [-0.2, 0) is 23.7 Å². The molecule has 0 saturated carbocycles. The first-order valence-electron chi connectivity index (χ1n) is 21.3. The Kier molecular flexibility index (Phi) is 9.39. The van der Waals surface area contributed by atoms with Crippen molar-refractivity contribution in [3.63, 3.8) is 0 Å². The number of hydrogen-bond donors (Lipinski definition) is 0. The molecule has 2 aliphatic heterocycles. The van der Waals surface area contributed by atoms with E-state index in [1.165, 1.54) is 77.7 Å². The molecule has 0 saturated heterocycles. The van der Waals surface area contributed by atoms with Crippen LogP contribution in [0.4, 0.5) is 11.4 Å². The van der Waals surface area contributed by atoms with Crippen molar-refractivity contribution in [2.75, 3.05) is 19.0 Å². The van der Waals surface area contributed by atoms with E-state index in [0.717, 1.165) is 12.8 Å². The third-order valence-electron chi connectivity index (χ3n) is 14.7. The van der Waals surface area contributed by atoms with E-state index in [4.69, 9.17) is 0 Å². The fourth-order valence-corrected chi connectivity index (χ4v) is 10.7. The van der Waals surface area contributed by atoms with E-state index in [0.29, 0.717) is 0 Å². The van der Waals surface area contributed by atoms with Crippen LogP contribution in [0.3, 0.4) is 0 Å². The molecular formula is C57H57N2+. The molecule has 294 valence electrons. The molecule has 0 fully saturated rings. The Morgan fingerprint density at radius 3 is 1.73 bits per heavy atom. The quantitative estimate of drug-likeness (QED) is 0.140. The summed E-state index contributed by atoms with van der Waals surface area (Å²) in [6.07, 6.45) is 18.4. The molecule has 0 N–H and O–H groups in total. The van der Waals surface area contributed by atoms with Gasteiger partial charge in [0.05, 0.1) is 5.41 Å². The Labute approximate surface area is 351 Å². The summed E-state index contributed by atoms with van der Waals surface area (Å²) in [5.74, 6) is 0. The van der Waals surface area contributed by atoms with Crippen LogP contribution in [0.5, 0.6) is 0 Å². The summed E-state index contributed by atoms with van der Waals surface area (Å²) >= 11 is 0. The fourth-order valence-electron chi connectivity index (χ4n) is 10.7. The molecule has 59 heavy (non-hydrogen) atoms. The van der Waals surface area contributed by atoms with Gasteiger partial charge in [-0.25, -0.2) is 0 Å². The van der Waals surface area contributed by atoms with Crippen molar-refractivity contribution in [3.8, 4) is 0 Å². The number of benzene rings is 6. The average molecular weight is 770 g/mol. The molecule has 2 unspecified atom stereocenters. The van der Waals surface area contributed by atoms with Crippen molar-refractivity contribution in [2.45, 2.75) is 65.2 Å². The minimum atomic E-state index is -0.197. The van der Waals surface area contributed by atoms with Gasteiger partial charge in [0.25, 0.3) is 0 Å². The number of hydrogen-bond acceptors (Lipinski definition) is 1. The van der Waals surface area contributed by atoms with Gasteiger partial charge in [-0.1, -0.05) is 173 Å². The molecule has 0 bridgehead atoms. The van der Waals surface area contributed by atoms with Crippen molar-refractivity contribution >= 4 is 38.6 Å². The van der Waals surface area contributed by atoms with Crippen molar-refractivity contribution < 1.29 is 4.58 Å². The molecule has 3 aliphatic rings. The second kappa shape index (κ2) is 14.4. The smallest absolute Gasteiger partial charge is 0.210 e. The summed E-state index contributed by atoms with van der Waals surface area (Å²) in [5, 5.41) is 5.26. The lowest BCUT2D eigenvalue weighted by Crippen LogP contribution is -2.33. The lowest BCUT2D eigenvalue weighted by atomic mass is 9.65. The molecule has 2 atom stereocenters. The molecule has 9 rings (SSSR count). The first kappa shape index (κ1) is 38.5. The molecule has 6 aromatic rings. The van der Waals surface area contributed by atoms with Crippen LogP contribution in [0.1, 0.15) is 63.8 Å². The van der Waals surface area contributed by atoms with E-state index in [9.17, 15) is 0 Å². The predicted molar refractivity (Wildman–Crippen MR) is 252 cm³/mol. The highest BCUT2D eigenvalue weighted by molar-refractivity contribution is 6.08. The number of nitrogens with zero attached hydrogens (tertiary/aromatic N) is 2. The molecule has 0 amide bonds. The SMILES string of the molecule is CN1C(=CC=CC2=CC(=CC=CC3=[N+](C)c4ccc5ccccc5c4C3(C)Cc3ccccc3)C(C)(C)C2(C)C)C(C)(Cc2ccccc2)c2c1ccc1ccccc21. The van der Waals surface area contributed by atoms with Crippen LogP contribution in [-0.4, -0.2) is 24.4 Å². The topological polar surface area (TPSA) is 6.25 Å². The van der Waals surface area contributed by atoms with Crippen LogP contribution in [0.25, 0.3) is 21.5 Å². The van der Waals surface area contributed by atoms with Crippen LogP contribution >= 0.6 is 0 Å². The van der Waals surface area contributed by atoms with E-state index < -0.39 is 0 Å². The van der Waals surface area contributed by atoms with Gasteiger partial charge < -0.3 is 4.90 Å². The largest absolute Gasteiger partial charge is 0.347 e. The Hall–Kier alpha value is -5.99. The second-order valence-electron chi connectivity index (χ2n) is 18.6. The molecular weight excluding hydrogens is 713 g/mol. The van der Waals surface area contributed by atoms with Gasteiger partial charge >= 0.3 is 0 Å². The third-order valence-corrected chi connectivity index (χ3v) is 14.7. The molecule has 2 nitrogen and oxygen atoms in total. The van der Waals surface area contributed by atoms with Crippen molar-refractivity contribution in [1.82, 2.24) is 0 Å². The Morgan fingerprint density at radius 1 is 0.542 bits per heavy atom. The van der Waals surface area contributed by atoms with E-state index >= 15 is 0 Å². The van der Waals surface area contributed by atoms with E-state index in [1.54, 1.807) is 0 Å². The van der Waals surface area contributed by atoms with Gasteiger partial charge in [0.1, 0.15) is 7.05 Å². The predicted octanol–water partition coefficient (Wildman–Crippen LogP) is 13.8. The summed E-state index contributed by atoms with van der Waals surface area (Å²) in [6, 6.07) is 48.9. The summed E-state index contributed by atoms with van der Waals surface area (Å²) in [6.45, 7) is 14.5. The number of fused-ring (bicyclic) bond motifs is 6. The zero-order chi connectivity index (χ0) is 41.2. The minimum Gasteiger partial charge on any atom is -0.347 e. The third kappa shape index (κ3) is 6.19. The molecule has 1 aliphatic carbocycles. The van der Waals surface area contributed by atoms with Gasteiger partial charge in [-0.3, -0.25) is 0 Å². The van der Waals surface area contributed by atoms with Crippen molar-refractivity contribution in [2.24, 2.45) is 10.8 Å². The van der Waals surface area contributed by atoms with E-state index in [1.807, 2.05) is 0 Å². The minimum absolute atomic E-state index is 0.0654. The zero-order valence-corrected chi connectivity index (χ0v) is 36.1. The monoisotopic (exact) mass is 769 g/mol. The summed E-state index contributed by atoms with van der Waals surface area (Å²) in [5.41, 5.74) is 12.9. The van der Waals surface area contributed by atoms with Crippen molar-refractivity contribution in [1.29, 1.82) is 0 Å². The lowest BCUT2D eigenvalue weighted by Gasteiger charge is -2.38. The van der Waals surface area contributed by atoms with Gasteiger partial charge in [0.2, 0.25) is 5.69 Å².